The molecular formula is C15H22N2O2. The third-order valence-corrected chi connectivity index (χ3v) is 3.31. The third-order valence-electron chi connectivity index (χ3n) is 3.31. The second-order valence-electron chi connectivity index (χ2n) is 4.78. The molecule has 0 atom stereocenters. The third kappa shape index (κ3) is 4.24. The zero-order chi connectivity index (χ0) is 13.5. The molecule has 0 saturated carbocycles. The van der Waals surface area contributed by atoms with E-state index in [0.29, 0.717) is 6.61 Å². The van der Waals surface area contributed by atoms with Crippen LogP contribution in [-0.4, -0.2) is 32.2 Å². The van der Waals surface area contributed by atoms with Crippen molar-refractivity contribution in [3.8, 4) is 0 Å². The first-order valence-corrected chi connectivity index (χ1v) is 7.02. The lowest BCUT2D eigenvalue weighted by molar-refractivity contribution is -0.120. The summed E-state index contributed by atoms with van der Waals surface area (Å²) in [4.78, 5) is 13.9. The van der Waals surface area contributed by atoms with E-state index in [4.69, 9.17) is 4.74 Å². The highest BCUT2D eigenvalue weighted by molar-refractivity contribution is 5.91. The number of rotatable bonds is 5. The van der Waals surface area contributed by atoms with Gasteiger partial charge < -0.3 is 15.0 Å². The standard InChI is InChI=1S/C15H22N2O2/c1-2-19-12-15(18)16-13-6-8-14(9-7-13)17-10-4-3-5-11-17/h6-9H,2-5,10-12H2,1H3,(H,16,18). The Hall–Kier alpha value is -1.55. The minimum Gasteiger partial charge on any atom is -0.372 e. The Morgan fingerprint density at radius 2 is 1.89 bits per heavy atom. The Balaban J connectivity index is 1.88. The predicted octanol–water partition coefficient (Wildman–Crippen LogP) is 2.65. The lowest BCUT2D eigenvalue weighted by Crippen LogP contribution is -2.29. The van der Waals surface area contributed by atoms with Crippen molar-refractivity contribution in [1.82, 2.24) is 0 Å². The summed E-state index contributed by atoms with van der Waals surface area (Å²) in [5.41, 5.74) is 2.06. The van der Waals surface area contributed by atoms with Crippen molar-refractivity contribution in [2.75, 3.05) is 36.5 Å². The summed E-state index contributed by atoms with van der Waals surface area (Å²) >= 11 is 0. The monoisotopic (exact) mass is 262 g/mol. The number of hydrogen-bond donors (Lipinski definition) is 1. The SMILES string of the molecule is CCOCC(=O)Nc1ccc(N2CCCCC2)cc1. The molecule has 0 aromatic heterocycles. The van der Waals surface area contributed by atoms with Gasteiger partial charge in [-0.3, -0.25) is 4.79 Å². The van der Waals surface area contributed by atoms with E-state index < -0.39 is 0 Å². The van der Waals surface area contributed by atoms with E-state index in [0.717, 1.165) is 18.8 Å². The number of ether oxygens (including phenoxy) is 1. The second kappa shape index (κ2) is 7.14. The average Bonchev–Trinajstić information content (AvgIpc) is 2.47. The molecule has 2 rings (SSSR count). The van der Waals surface area contributed by atoms with E-state index in [-0.39, 0.29) is 12.5 Å². The first-order chi connectivity index (χ1) is 9.29. The predicted molar refractivity (Wildman–Crippen MR) is 77.6 cm³/mol. The Bertz CT molecular complexity index is 397. The molecule has 0 bridgehead atoms. The summed E-state index contributed by atoms with van der Waals surface area (Å²) in [7, 11) is 0. The van der Waals surface area contributed by atoms with Crippen molar-refractivity contribution in [2.24, 2.45) is 0 Å². The van der Waals surface area contributed by atoms with Gasteiger partial charge in [-0.25, -0.2) is 0 Å². The van der Waals surface area contributed by atoms with Gasteiger partial charge in [-0.2, -0.15) is 0 Å². The number of nitrogens with zero attached hydrogens (tertiary/aromatic N) is 1. The van der Waals surface area contributed by atoms with E-state index in [2.05, 4.69) is 22.3 Å². The van der Waals surface area contributed by atoms with Crippen molar-refractivity contribution in [3.63, 3.8) is 0 Å². The van der Waals surface area contributed by atoms with Gasteiger partial charge in [-0.1, -0.05) is 0 Å². The van der Waals surface area contributed by atoms with Crippen LogP contribution in [0.2, 0.25) is 0 Å². The van der Waals surface area contributed by atoms with Gasteiger partial charge in [0.1, 0.15) is 6.61 Å². The average molecular weight is 262 g/mol. The van der Waals surface area contributed by atoms with Crippen LogP contribution in [0.1, 0.15) is 26.2 Å². The molecule has 1 saturated heterocycles. The lowest BCUT2D eigenvalue weighted by Gasteiger charge is -2.28. The summed E-state index contributed by atoms with van der Waals surface area (Å²) in [5.74, 6) is -0.104. The van der Waals surface area contributed by atoms with Gasteiger partial charge in [0.2, 0.25) is 5.91 Å². The zero-order valence-corrected chi connectivity index (χ0v) is 11.5. The molecule has 1 N–H and O–H groups in total. The fraction of sp³-hybridized carbons (Fsp3) is 0.533. The number of benzene rings is 1. The lowest BCUT2D eigenvalue weighted by atomic mass is 10.1. The maximum atomic E-state index is 11.5. The number of piperidine rings is 1. The molecule has 1 fully saturated rings. The van der Waals surface area contributed by atoms with E-state index in [1.54, 1.807) is 0 Å². The van der Waals surface area contributed by atoms with Crippen LogP contribution in [0.15, 0.2) is 24.3 Å². The summed E-state index contributed by atoms with van der Waals surface area (Å²) in [6.45, 7) is 4.82. The Morgan fingerprint density at radius 1 is 1.21 bits per heavy atom. The number of hydrogen-bond acceptors (Lipinski definition) is 3. The van der Waals surface area contributed by atoms with Gasteiger partial charge in [0, 0.05) is 31.1 Å². The van der Waals surface area contributed by atoms with Crippen molar-refractivity contribution in [2.45, 2.75) is 26.2 Å². The minimum atomic E-state index is -0.104. The van der Waals surface area contributed by atoms with E-state index in [1.165, 1.54) is 24.9 Å². The van der Waals surface area contributed by atoms with Crippen molar-refractivity contribution < 1.29 is 9.53 Å². The summed E-state index contributed by atoms with van der Waals surface area (Å²) in [5, 5.41) is 2.82. The number of carbonyl (C=O) groups is 1. The first kappa shape index (κ1) is 13.9. The maximum absolute atomic E-state index is 11.5. The van der Waals surface area contributed by atoms with Gasteiger partial charge in [-0.15, -0.1) is 0 Å². The molecule has 0 unspecified atom stereocenters. The van der Waals surface area contributed by atoms with Crippen LogP contribution in [0.5, 0.6) is 0 Å². The highest BCUT2D eigenvalue weighted by Gasteiger charge is 2.10. The highest BCUT2D eigenvalue weighted by atomic mass is 16.5. The van der Waals surface area contributed by atoms with E-state index in [1.807, 2.05) is 19.1 Å². The van der Waals surface area contributed by atoms with Crippen molar-refractivity contribution >= 4 is 17.3 Å². The Labute approximate surface area is 114 Å². The molecule has 19 heavy (non-hydrogen) atoms. The van der Waals surface area contributed by atoms with Crippen LogP contribution < -0.4 is 10.2 Å². The number of nitrogens with one attached hydrogen (secondary N) is 1. The fourth-order valence-corrected chi connectivity index (χ4v) is 2.30. The van der Waals surface area contributed by atoms with Gasteiger partial charge in [0.15, 0.2) is 0 Å². The molecule has 104 valence electrons. The molecule has 0 spiro atoms. The molecule has 1 aromatic carbocycles. The largest absolute Gasteiger partial charge is 0.372 e. The van der Waals surface area contributed by atoms with Gasteiger partial charge >= 0.3 is 0 Å². The maximum Gasteiger partial charge on any atom is 0.250 e. The molecular weight excluding hydrogens is 240 g/mol. The molecule has 4 heteroatoms. The van der Waals surface area contributed by atoms with Crippen LogP contribution in [0.3, 0.4) is 0 Å². The van der Waals surface area contributed by atoms with E-state index >= 15 is 0 Å². The van der Waals surface area contributed by atoms with Crippen LogP contribution in [-0.2, 0) is 9.53 Å². The van der Waals surface area contributed by atoms with Crippen molar-refractivity contribution in [3.05, 3.63) is 24.3 Å². The summed E-state index contributed by atoms with van der Waals surface area (Å²) in [6.07, 6.45) is 3.88. The van der Waals surface area contributed by atoms with E-state index in [9.17, 15) is 4.79 Å². The summed E-state index contributed by atoms with van der Waals surface area (Å²) < 4.78 is 5.07. The van der Waals surface area contributed by atoms with Crippen molar-refractivity contribution in [1.29, 1.82) is 0 Å². The number of carbonyl (C=O) groups excluding carboxylic acids is 1. The van der Waals surface area contributed by atoms with Crippen LogP contribution in [0.4, 0.5) is 11.4 Å². The Morgan fingerprint density at radius 3 is 2.53 bits per heavy atom. The Kier molecular flexibility index (Phi) is 5.21. The van der Waals surface area contributed by atoms with Crippen LogP contribution in [0, 0.1) is 0 Å². The molecule has 0 aliphatic carbocycles. The van der Waals surface area contributed by atoms with Crippen LogP contribution in [0.25, 0.3) is 0 Å². The molecule has 1 aliphatic rings. The quantitative estimate of drug-likeness (QED) is 0.887. The fourth-order valence-electron chi connectivity index (χ4n) is 2.30. The van der Waals surface area contributed by atoms with Gasteiger partial charge in [-0.05, 0) is 50.5 Å². The normalized spacial score (nSPS) is 15.3. The molecule has 1 heterocycles. The number of amides is 1. The van der Waals surface area contributed by atoms with Crippen LogP contribution >= 0.6 is 0 Å². The molecule has 1 aromatic rings. The second-order valence-corrected chi connectivity index (χ2v) is 4.78. The zero-order valence-electron chi connectivity index (χ0n) is 11.5. The highest BCUT2D eigenvalue weighted by Crippen LogP contribution is 2.21. The molecule has 4 nitrogen and oxygen atoms in total. The molecule has 0 radical (unpaired) electrons. The summed E-state index contributed by atoms with van der Waals surface area (Å²) in [6, 6.07) is 8.05. The van der Waals surface area contributed by atoms with Gasteiger partial charge in [0.25, 0.3) is 0 Å². The molecule has 1 aliphatic heterocycles. The number of anilines is 2. The minimum absolute atomic E-state index is 0.104. The van der Waals surface area contributed by atoms with Gasteiger partial charge in [0.05, 0.1) is 0 Å². The first-order valence-electron chi connectivity index (χ1n) is 7.02. The topological polar surface area (TPSA) is 41.6 Å². The molecule has 1 amide bonds. The smallest absolute Gasteiger partial charge is 0.250 e.